The highest BCUT2D eigenvalue weighted by atomic mass is 16.2. The van der Waals surface area contributed by atoms with Crippen LogP contribution in [0.2, 0.25) is 0 Å². The van der Waals surface area contributed by atoms with Crippen molar-refractivity contribution >= 4 is 22.4 Å². The Morgan fingerprint density at radius 2 is 1.46 bits per heavy atom. The van der Waals surface area contributed by atoms with Crippen molar-refractivity contribution in [3.8, 4) is 0 Å². The predicted octanol–water partition coefficient (Wildman–Crippen LogP) is 3.64. The Morgan fingerprint density at radius 3 is 2.29 bits per heavy atom. The van der Waals surface area contributed by atoms with Crippen molar-refractivity contribution in [3.63, 3.8) is 0 Å². The summed E-state index contributed by atoms with van der Waals surface area (Å²) in [4.78, 5) is 17.3. The summed E-state index contributed by atoms with van der Waals surface area (Å²) >= 11 is 0. The maximum Gasteiger partial charge on any atom is 0.238 e. The number of anilines is 1. The second-order valence-corrected chi connectivity index (χ2v) is 7.43. The largest absolute Gasteiger partial charge is 0.324 e. The molecule has 4 nitrogen and oxygen atoms in total. The van der Waals surface area contributed by atoms with E-state index in [4.69, 9.17) is 0 Å². The third kappa shape index (κ3) is 4.77. The summed E-state index contributed by atoms with van der Waals surface area (Å²) in [5.74, 6) is 0.0640. The van der Waals surface area contributed by atoms with Gasteiger partial charge in [0.2, 0.25) is 5.91 Å². The Morgan fingerprint density at radius 1 is 0.786 bits per heavy atom. The smallest absolute Gasteiger partial charge is 0.238 e. The average molecular weight is 374 g/mol. The minimum Gasteiger partial charge on any atom is -0.324 e. The molecule has 0 unspecified atom stereocenters. The third-order valence-corrected chi connectivity index (χ3v) is 5.46. The number of carbonyl (C=O) groups excluding carboxylic acids is 1. The first-order valence-electron chi connectivity index (χ1n) is 10.0. The van der Waals surface area contributed by atoms with Gasteiger partial charge in [-0.25, -0.2) is 0 Å². The van der Waals surface area contributed by atoms with E-state index in [1.54, 1.807) is 0 Å². The van der Waals surface area contributed by atoms with Crippen molar-refractivity contribution in [1.82, 2.24) is 9.80 Å². The average Bonchev–Trinajstić information content (AvgIpc) is 2.74. The lowest BCUT2D eigenvalue weighted by Crippen LogP contribution is -2.49. The highest BCUT2D eigenvalue weighted by Gasteiger charge is 2.19. The van der Waals surface area contributed by atoms with Crippen molar-refractivity contribution in [2.75, 3.05) is 44.6 Å². The quantitative estimate of drug-likeness (QED) is 0.717. The van der Waals surface area contributed by atoms with E-state index in [2.05, 4.69) is 63.6 Å². The Hall–Kier alpha value is -2.69. The van der Waals surface area contributed by atoms with Crippen LogP contribution in [0.5, 0.6) is 0 Å². The van der Waals surface area contributed by atoms with Gasteiger partial charge in [0.05, 0.1) is 6.54 Å². The van der Waals surface area contributed by atoms with Gasteiger partial charge in [0.1, 0.15) is 0 Å². The molecule has 0 radical (unpaired) electrons. The number of nitrogens with one attached hydrogen (secondary N) is 1. The minimum atomic E-state index is 0.0640. The predicted molar refractivity (Wildman–Crippen MR) is 116 cm³/mol. The molecule has 1 fully saturated rings. The number of amides is 1. The number of piperazine rings is 1. The van der Waals surface area contributed by atoms with Crippen molar-refractivity contribution in [2.24, 2.45) is 0 Å². The molecule has 0 bridgehead atoms. The number of benzene rings is 3. The summed E-state index contributed by atoms with van der Waals surface area (Å²) in [6, 6.07) is 24.8. The summed E-state index contributed by atoms with van der Waals surface area (Å²) in [6.07, 6.45) is 1.09. The second-order valence-electron chi connectivity index (χ2n) is 7.43. The van der Waals surface area contributed by atoms with Crippen molar-refractivity contribution in [2.45, 2.75) is 6.42 Å². The molecule has 3 aromatic carbocycles. The summed E-state index contributed by atoms with van der Waals surface area (Å²) < 4.78 is 0. The van der Waals surface area contributed by atoms with Gasteiger partial charge in [-0.05, 0) is 23.4 Å². The topological polar surface area (TPSA) is 35.6 Å². The van der Waals surface area contributed by atoms with Crippen LogP contribution in [0.4, 0.5) is 5.69 Å². The molecule has 0 spiro atoms. The van der Waals surface area contributed by atoms with Crippen LogP contribution in [0.3, 0.4) is 0 Å². The molecule has 1 saturated heterocycles. The molecule has 0 saturated carbocycles. The molecule has 4 rings (SSSR count). The highest BCUT2D eigenvalue weighted by Crippen LogP contribution is 2.22. The van der Waals surface area contributed by atoms with E-state index in [0.29, 0.717) is 6.54 Å². The Labute approximate surface area is 166 Å². The number of carbonyl (C=O) groups is 1. The molecule has 0 atom stereocenters. The van der Waals surface area contributed by atoms with Crippen LogP contribution in [0.15, 0.2) is 72.8 Å². The normalized spacial score (nSPS) is 15.6. The number of fused-ring (bicyclic) bond motifs is 1. The molecular weight excluding hydrogens is 346 g/mol. The Kier molecular flexibility index (Phi) is 6.00. The molecular formula is C24H27N3O. The molecule has 0 aromatic heterocycles. The van der Waals surface area contributed by atoms with Gasteiger partial charge in [0.15, 0.2) is 0 Å². The molecule has 1 amide bonds. The van der Waals surface area contributed by atoms with E-state index < -0.39 is 0 Å². The molecule has 4 heteroatoms. The molecule has 0 aliphatic carbocycles. The molecule has 144 valence electrons. The highest BCUT2D eigenvalue weighted by molar-refractivity contribution is 6.02. The van der Waals surface area contributed by atoms with E-state index in [1.165, 1.54) is 5.56 Å². The van der Waals surface area contributed by atoms with Crippen LogP contribution >= 0.6 is 0 Å². The molecule has 1 heterocycles. The van der Waals surface area contributed by atoms with Crippen LogP contribution in [-0.2, 0) is 11.2 Å². The maximum atomic E-state index is 12.6. The van der Waals surface area contributed by atoms with E-state index in [-0.39, 0.29) is 5.91 Å². The van der Waals surface area contributed by atoms with Gasteiger partial charge in [-0.1, -0.05) is 66.7 Å². The summed E-state index contributed by atoms with van der Waals surface area (Å²) in [6.45, 7) is 5.47. The van der Waals surface area contributed by atoms with Gasteiger partial charge in [-0.2, -0.15) is 0 Å². The molecule has 3 aromatic rings. The fourth-order valence-electron chi connectivity index (χ4n) is 3.83. The van der Waals surface area contributed by atoms with Crippen LogP contribution in [0, 0.1) is 0 Å². The molecule has 1 aliphatic rings. The van der Waals surface area contributed by atoms with E-state index in [1.807, 2.05) is 24.3 Å². The van der Waals surface area contributed by atoms with Crippen LogP contribution in [0.1, 0.15) is 5.56 Å². The zero-order chi connectivity index (χ0) is 19.2. The van der Waals surface area contributed by atoms with Gasteiger partial charge >= 0.3 is 0 Å². The summed E-state index contributed by atoms with van der Waals surface area (Å²) in [5, 5.41) is 5.33. The number of hydrogen-bond acceptors (Lipinski definition) is 3. The van der Waals surface area contributed by atoms with E-state index in [9.17, 15) is 4.79 Å². The third-order valence-electron chi connectivity index (χ3n) is 5.46. The Balaban J connectivity index is 1.25. The van der Waals surface area contributed by atoms with Gasteiger partial charge in [0, 0.05) is 43.8 Å². The lowest BCUT2D eigenvalue weighted by Gasteiger charge is -2.34. The standard InChI is InChI=1S/C24H27N3O/c28-24(25-23-12-6-10-21-9-4-5-11-22(21)23)19-27-17-15-26(16-18-27)14-13-20-7-2-1-3-8-20/h1-12H,13-19H2,(H,25,28). The maximum absolute atomic E-state index is 12.6. The lowest BCUT2D eigenvalue weighted by atomic mass is 10.1. The first kappa shape index (κ1) is 18.7. The first-order chi connectivity index (χ1) is 13.8. The van der Waals surface area contributed by atoms with Gasteiger partial charge in [-0.15, -0.1) is 0 Å². The summed E-state index contributed by atoms with van der Waals surface area (Å²) in [7, 11) is 0. The number of nitrogens with zero attached hydrogens (tertiary/aromatic N) is 2. The molecule has 28 heavy (non-hydrogen) atoms. The Bertz CT molecular complexity index is 912. The molecule has 1 N–H and O–H groups in total. The monoisotopic (exact) mass is 373 g/mol. The summed E-state index contributed by atoms with van der Waals surface area (Å²) in [5.41, 5.74) is 2.28. The van der Waals surface area contributed by atoms with Crippen molar-refractivity contribution < 1.29 is 4.79 Å². The first-order valence-corrected chi connectivity index (χ1v) is 10.0. The fraction of sp³-hybridized carbons (Fsp3) is 0.292. The fourth-order valence-corrected chi connectivity index (χ4v) is 3.83. The minimum absolute atomic E-state index is 0.0640. The lowest BCUT2D eigenvalue weighted by molar-refractivity contribution is -0.117. The van der Waals surface area contributed by atoms with Gasteiger partial charge in [-0.3, -0.25) is 9.69 Å². The zero-order valence-electron chi connectivity index (χ0n) is 16.2. The SMILES string of the molecule is O=C(CN1CCN(CCc2ccccc2)CC1)Nc1cccc2ccccc12. The van der Waals surface area contributed by atoms with Crippen LogP contribution in [-0.4, -0.2) is 55.0 Å². The van der Waals surface area contributed by atoms with E-state index in [0.717, 1.165) is 55.6 Å². The number of hydrogen-bond donors (Lipinski definition) is 1. The van der Waals surface area contributed by atoms with Crippen molar-refractivity contribution in [1.29, 1.82) is 0 Å². The zero-order valence-corrected chi connectivity index (χ0v) is 16.2. The van der Waals surface area contributed by atoms with Crippen LogP contribution in [0.25, 0.3) is 10.8 Å². The van der Waals surface area contributed by atoms with Gasteiger partial charge in [0.25, 0.3) is 0 Å². The second kappa shape index (κ2) is 9.00. The van der Waals surface area contributed by atoms with Gasteiger partial charge < -0.3 is 10.2 Å². The van der Waals surface area contributed by atoms with E-state index >= 15 is 0 Å². The van der Waals surface area contributed by atoms with Crippen molar-refractivity contribution in [3.05, 3.63) is 78.4 Å². The number of rotatable bonds is 6. The molecule has 1 aliphatic heterocycles. The van der Waals surface area contributed by atoms with Crippen LogP contribution < -0.4 is 5.32 Å².